The minimum Gasteiger partial charge on any atom is -0.379 e. The predicted molar refractivity (Wildman–Crippen MR) is 75.8 cm³/mol. The van der Waals surface area contributed by atoms with Crippen molar-refractivity contribution in [3.63, 3.8) is 0 Å². The van der Waals surface area contributed by atoms with Crippen molar-refractivity contribution in [1.82, 2.24) is 10.2 Å². The van der Waals surface area contributed by atoms with Gasteiger partial charge in [0.25, 0.3) is 0 Å². The largest absolute Gasteiger partial charge is 0.379 e. The van der Waals surface area contributed by atoms with Crippen LogP contribution in [0.3, 0.4) is 0 Å². The van der Waals surface area contributed by atoms with Gasteiger partial charge in [-0.05, 0) is 38.0 Å². The fourth-order valence-electron chi connectivity index (χ4n) is 3.50. The van der Waals surface area contributed by atoms with Crippen molar-refractivity contribution in [3.05, 3.63) is 0 Å². The van der Waals surface area contributed by atoms with Gasteiger partial charge in [-0.15, -0.1) is 0 Å². The second-order valence-corrected chi connectivity index (χ2v) is 6.48. The summed E-state index contributed by atoms with van der Waals surface area (Å²) in [5, 5.41) is 3.85. The van der Waals surface area contributed by atoms with E-state index in [4.69, 9.17) is 4.74 Å². The second kappa shape index (κ2) is 6.88. The van der Waals surface area contributed by atoms with Crippen LogP contribution < -0.4 is 5.32 Å². The second-order valence-electron chi connectivity index (χ2n) is 6.48. The van der Waals surface area contributed by atoms with Crippen LogP contribution in [0, 0.1) is 11.8 Å². The average Bonchev–Trinajstić information content (AvgIpc) is 2.34. The lowest BCUT2D eigenvalue weighted by Gasteiger charge is -2.37. The molecule has 1 aliphatic carbocycles. The van der Waals surface area contributed by atoms with Gasteiger partial charge in [0.05, 0.1) is 13.2 Å². The molecule has 18 heavy (non-hydrogen) atoms. The third-order valence-corrected chi connectivity index (χ3v) is 4.57. The minimum absolute atomic E-state index is 0.601. The molecule has 0 aromatic rings. The van der Waals surface area contributed by atoms with E-state index in [1.807, 2.05) is 0 Å². The Morgan fingerprint density at radius 2 is 1.94 bits per heavy atom. The Kier molecular flexibility index (Phi) is 5.46. The first-order valence-electron chi connectivity index (χ1n) is 7.71. The summed E-state index contributed by atoms with van der Waals surface area (Å²) in [6.45, 7) is 12.3. The zero-order valence-corrected chi connectivity index (χ0v) is 12.3. The molecular formula is C15H30N2O. The molecule has 0 spiro atoms. The first-order valence-corrected chi connectivity index (χ1v) is 7.71. The Labute approximate surface area is 112 Å². The molecule has 0 radical (unpaired) electrons. The molecule has 0 bridgehead atoms. The molecule has 0 aromatic heterocycles. The van der Waals surface area contributed by atoms with Crippen LogP contribution in [-0.2, 0) is 4.74 Å². The van der Waals surface area contributed by atoms with Gasteiger partial charge >= 0.3 is 0 Å². The number of morpholine rings is 1. The van der Waals surface area contributed by atoms with Crippen LogP contribution in [0.25, 0.3) is 0 Å². The van der Waals surface area contributed by atoms with Gasteiger partial charge in [-0.25, -0.2) is 0 Å². The molecule has 1 heterocycles. The maximum absolute atomic E-state index is 5.40. The first-order chi connectivity index (χ1) is 8.65. The van der Waals surface area contributed by atoms with Gasteiger partial charge in [0.1, 0.15) is 0 Å². The number of hydrogen-bond acceptors (Lipinski definition) is 3. The predicted octanol–water partition coefficient (Wildman–Crippen LogP) is 2.12. The van der Waals surface area contributed by atoms with Crippen molar-refractivity contribution < 1.29 is 4.74 Å². The molecular weight excluding hydrogens is 224 g/mol. The zero-order chi connectivity index (χ0) is 13.0. The van der Waals surface area contributed by atoms with Gasteiger partial charge in [-0.1, -0.05) is 13.8 Å². The summed E-state index contributed by atoms with van der Waals surface area (Å²) in [4.78, 5) is 2.53. The van der Waals surface area contributed by atoms with Crippen molar-refractivity contribution in [2.75, 3.05) is 32.8 Å². The maximum Gasteiger partial charge on any atom is 0.0594 e. The van der Waals surface area contributed by atoms with E-state index in [0.29, 0.717) is 6.04 Å². The molecule has 106 valence electrons. The molecule has 4 unspecified atom stereocenters. The lowest BCUT2D eigenvalue weighted by Crippen LogP contribution is -2.49. The Morgan fingerprint density at radius 1 is 1.22 bits per heavy atom. The van der Waals surface area contributed by atoms with Crippen molar-refractivity contribution in [1.29, 1.82) is 0 Å². The standard InChI is InChI=1S/C15H30N2O/c1-12-4-5-15(13(2)10-12)16-14(3)11-17-6-8-18-9-7-17/h12-16H,4-11H2,1-3H3. The number of hydrogen-bond donors (Lipinski definition) is 1. The summed E-state index contributed by atoms with van der Waals surface area (Å²) >= 11 is 0. The molecule has 0 aromatic carbocycles. The highest BCUT2D eigenvalue weighted by Gasteiger charge is 2.26. The zero-order valence-electron chi connectivity index (χ0n) is 12.3. The monoisotopic (exact) mass is 254 g/mol. The highest BCUT2D eigenvalue weighted by molar-refractivity contribution is 4.84. The lowest BCUT2D eigenvalue weighted by atomic mass is 9.79. The molecule has 1 aliphatic heterocycles. The quantitative estimate of drug-likeness (QED) is 0.832. The maximum atomic E-state index is 5.40. The fourth-order valence-corrected chi connectivity index (χ4v) is 3.50. The Hall–Kier alpha value is -0.120. The highest BCUT2D eigenvalue weighted by Crippen LogP contribution is 2.28. The summed E-state index contributed by atoms with van der Waals surface area (Å²) in [6.07, 6.45) is 4.14. The van der Waals surface area contributed by atoms with Gasteiger partial charge in [0, 0.05) is 31.7 Å². The Balaban J connectivity index is 1.71. The summed E-state index contributed by atoms with van der Waals surface area (Å²) in [5.41, 5.74) is 0. The molecule has 1 saturated carbocycles. The summed E-state index contributed by atoms with van der Waals surface area (Å²) in [5.74, 6) is 1.76. The summed E-state index contributed by atoms with van der Waals surface area (Å²) in [7, 11) is 0. The van der Waals surface area contributed by atoms with Crippen LogP contribution in [0.1, 0.15) is 40.0 Å². The fraction of sp³-hybridized carbons (Fsp3) is 1.00. The summed E-state index contributed by atoms with van der Waals surface area (Å²) < 4.78 is 5.40. The Morgan fingerprint density at radius 3 is 2.61 bits per heavy atom. The van der Waals surface area contributed by atoms with E-state index in [9.17, 15) is 0 Å². The van der Waals surface area contributed by atoms with Crippen molar-refractivity contribution in [2.24, 2.45) is 11.8 Å². The average molecular weight is 254 g/mol. The van der Waals surface area contributed by atoms with Crippen molar-refractivity contribution >= 4 is 0 Å². The molecule has 2 fully saturated rings. The van der Waals surface area contributed by atoms with Gasteiger partial charge in [-0.3, -0.25) is 4.90 Å². The van der Waals surface area contributed by atoms with Crippen molar-refractivity contribution in [2.45, 2.75) is 52.1 Å². The third kappa shape index (κ3) is 4.22. The van der Waals surface area contributed by atoms with Crippen LogP contribution >= 0.6 is 0 Å². The van der Waals surface area contributed by atoms with E-state index < -0.39 is 0 Å². The molecule has 2 aliphatic rings. The molecule has 0 amide bonds. The van der Waals surface area contributed by atoms with Gasteiger partial charge in [0.15, 0.2) is 0 Å². The normalized spacial score (nSPS) is 36.5. The molecule has 1 saturated heterocycles. The van der Waals surface area contributed by atoms with Crippen LogP contribution in [0.5, 0.6) is 0 Å². The highest BCUT2D eigenvalue weighted by atomic mass is 16.5. The van der Waals surface area contributed by atoms with E-state index in [2.05, 4.69) is 31.0 Å². The van der Waals surface area contributed by atoms with Crippen LogP contribution in [-0.4, -0.2) is 49.8 Å². The molecule has 3 heteroatoms. The minimum atomic E-state index is 0.601. The summed E-state index contributed by atoms with van der Waals surface area (Å²) in [6, 6.07) is 1.33. The topological polar surface area (TPSA) is 24.5 Å². The van der Waals surface area contributed by atoms with Gasteiger partial charge in [-0.2, -0.15) is 0 Å². The van der Waals surface area contributed by atoms with E-state index in [0.717, 1.165) is 44.2 Å². The molecule has 2 rings (SSSR count). The molecule has 3 nitrogen and oxygen atoms in total. The number of rotatable bonds is 4. The van der Waals surface area contributed by atoms with Crippen LogP contribution in [0.15, 0.2) is 0 Å². The number of nitrogens with zero attached hydrogens (tertiary/aromatic N) is 1. The lowest BCUT2D eigenvalue weighted by molar-refractivity contribution is 0.0328. The van der Waals surface area contributed by atoms with E-state index in [1.54, 1.807) is 0 Å². The SMILES string of the molecule is CC1CCC(NC(C)CN2CCOCC2)C(C)C1. The molecule has 1 N–H and O–H groups in total. The van der Waals surface area contributed by atoms with E-state index in [1.165, 1.54) is 25.8 Å². The van der Waals surface area contributed by atoms with Crippen LogP contribution in [0.4, 0.5) is 0 Å². The van der Waals surface area contributed by atoms with Crippen LogP contribution in [0.2, 0.25) is 0 Å². The third-order valence-electron chi connectivity index (χ3n) is 4.57. The van der Waals surface area contributed by atoms with Crippen molar-refractivity contribution in [3.8, 4) is 0 Å². The smallest absolute Gasteiger partial charge is 0.0594 e. The number of nitrogens with one attached hydrogen (secondary N) is 1. The van der Waals surface area contributed by atoms with E-state index in [-0.39, 0.29) is 0 Å². The van der Waals surface area contributed by atoms with Gasteiger partial charge < -0.3 is 10.1 Å². The van der Waals surface area contributed by atoms with E-state index >= 15 is 0 Å². The molecule has 4 atom stereocenters. The Bertz CT molecular complexity index is 241. The first kappa shape index (κ1) is 14.3. The number of ether oxygens (including phenoxy) is 1. The van der Waals surface area contributed by atoms with Gasteiger partial charge in [0.2, 0.25) is 0 Å².